The van der Waals surface area contributed by atoms with Crippen LogP contribution in [0.1, 0.15) is 36.2 Å². The Bertz CT molecular complexity index is 1320. The molecular formula is C27H31N5O4. The molecule has 0 saturated heterocycles. The van der Waals surface area contributed by atoms with E-state index < -0.39 is 24.2 Å². The fourth-order valence-corrected chi connectivity index (χ4v) is 4.73. The first-order valence-electron chi connectivity index (χ1n) is 12.1. The summed E-state index contributed by atoms with van der Waals surface area (Å²) in [6.45, 7) is 5.73. The van der Waals surface area contributed by atoms with Crippen molar-refractivity contribution in [2.45, 2.75) is 51.5 Å². The summed E-state index contributed by atoms with van der Waals surface area (Å²) < 4.78 is 6.03. The van der Waals surface area contributed by atoms with Crippen LogP contribution in [0, 0.1) is 19.8 Å². The largest absolute Gasteiger partial charge is 0.436 e. The Morgan fingerprint density at radius 1 is 1.00 bits per heavy atom. The molecule has 4 aromatic rings. The third kappa shape index (κ3) is 4.65. The topological polar surface area (TPSA) is 137 Å². The third-order valence-electron chi connectivity index (χ3n) is 6.88. The van der Waals surface area contributed by atoms with Gasteiger partial charge in [0.25, 0.3) is 0 Å². The maximum Gasteiger partial charge on any atom is 0.232 e. The lowest BCUT2D eigenvalue weighted by Crippen LogP contribution is -2.35. The molecule has 1 saturated carbocycles. The molecule has 0 radical (unpaired) electrons. The number of hydrogen-bond acceptors (Lipinski definition) is 9. The summed E-state index contributed by atoms with van der Waals surface area (Å²) in [5, 5.41) is 37.2. The van der Waals surface area contributed by atoms with Gasteiger partial charge in [0, 0.05) is 12.5 Å². The van der Waals surface area contributed by atoms with E-state index in [-0.39, 0.29) is 12.6 Å². The van der Waals surface area contributed by atoms with Gasteiger partial charge >= 0.3 is 0 Å². The highest BCUT2D eigenvalue weighted by Gasteiger charge is 2.41. The Labute approximate surface area is 209 Å². The second-order valence-corrected chi connectivity index (χ2v) is 9.53. The number of nitrogens with zero attached hydrogens (tertiary/aromatic N) is 3. The van der Waals surface area contributed by atoms with Gasteiger partial charge in [-0.15, -0.1) is 0 Å². The van der Waals surface area contributed by atoms with E-state index in [4.69, 9.17) is 9.40 Å². The van der Waals surface area contributed by atoms with Crippen molar-refractivity contribution in [3.8, 4) is 11.5 Å². The number of rotatable bonds is 7. The van der Waals surface area contributed by atoms with Crippen LogP contribution < -0.4 is 10.6 Å². The summed E-state index contributed by atoms with van der Waals surface area (Å²) >= 11 is 0. The van der Waals surface area contributed by atoms with Crippen LogP contribution in [0.4, 0.5) is 11.8 Å². The SMILES string of the molecule is Cc1ccc([C@@H](C)Nc2nc(C)c(-c3nc4ccccc4o3)c(N[C@@H]3C[C@H](CO)[C@@H](O)[C@H]3O)n2)cc1. The first kappa shape index (κ1) is 24.2. The van der Waals surface area contributed by atoms with Crippen molar-refractivity contribution in [1.82, 2.24) is 15.0 Å². The van der Waals surface area contributed by atoms with E-state index in [1.165, 1.54) is 5.56 Å². The molecule has 1 aliphatic carbocycles. The van der Waals surface area contributed by atoms with Crippen LogP contribution in [0.2, 0.25) is 0 Å². The maximum absolute atomic E-state index is 10.6. The second-order valence-electron chi connectivity index (χ2n) is 9.53. The number of aryl methyl sites for hydroxylation is 2. The molecule has 2 heterocycles. The summed E-state index contributed by atoms with van der Waals surface area (Å²) in [5.74, 6) is 0.783. The predicted molar refractivity (Wildman–Crippen MR) is 138 cm³/mol. The molecule has 5 atom stereocenters. The molecule has 2 aromatic carbocycles. The molecule has 2 aromatic heterocycles. The molecule has 0 unspecified atom stereocenters. The molecule has 5 rings (SSSR count). The highest BCUT2D eigenvalue weighted by molar-refractivity contribution is 5.80. The molecule has 0 aliphatic heterocycles. The Kier molecular flexibility index (Phi) is 6.61. The van der Waals surface area contributed by atoms with Crippen molar-refractivity contribution in [2.24, 2.45) is 5.92 Å². The van der Waals surface area contributed by atoms with Crippen LogP contribution in [0.3, 0.4) is 0 Å². The first-order valence-corrected chi connectivity index (χ1v) is 12.1. The van der Waals surface area contributed by atoms with Crippen molar-refractivity contribution in [2.75, 3.05) is 17.2 Å². The van der Waals surface area contributed by atoms with Crippen molar-refractivity contribution < 1.29 is 19.7 Å². The predicted octanol–water partition coefficient (Wildman–Crippen LogP) is 3.59. The fraction of sp³-hybridized carbons (Fsp3) is 0.370. The normalized spacial score (nSPS) is 22.6. The number of anilines is 2. The number of aromatic nitrogens is 3. The van der Waals surface area contributed by atoms with Gasteiger partial charge in [0.15, 0.2) is 5.58 Å². The minimum atomic E-state index is -1.06. The number of benzene rings is 2. The molecule has 9 heteroatoms. The number of hydrogen-bond donors (Lipinski definition) is 5. The van der Waals surface area contributed by atoms with E-state index in [1.54, 1.807) is 0 Å². The van der Waals surface area contributed by atoms with Crippen LogP contribution in [0.5, 0.6) is 0 Å². The Balaban J connectivity index is 1.53. The number of nitrogens with one attached hydrogen (secondary N) is 2. The number of oxazole rings is 1. The average Bonchev–Trinajstić information content (AvgIpc) is 3.40. The maximum atomic E-state index is 10.6. The van der Waals surface area contributed by atoms with Crippen LogP contribution in [-0.4, -0.2) is 55.1 Å². The summed E-state index contributed by atoms with van der Waals surface area (Å²) in [6.07, 6.45) is -1.70. The highest BCUT2D eigenvalue weighted by Crippen LogP contribution is 2.36. The van der Waals surface area contributed by atoms with Gasteiger partial charge in [-0.25, -0.2) is 9.97 Å². The number of aliphatic hydroxyl groups excluding tert-OH is 3. The van der Waals surface area contributed by atoms with E-state index in [1.807, 2.05) is 45.0 Å². The first-order chi connectivity index (χ1) is 17.3. The Morgan fingerprint density at radius 2 is 1.75 bits per heavy atom. The molecule has 36 heavy (non-hydrogen) atoms. The van der Waals surface area contributed by atoms with Gasteiger partial charge in [-0.3, -0.25) is 0 Å². The molecular weight excluding hydrogens is 458 g/mol. The van der Waals surface area contributed by atoms with E-state index >= 15 is 0 Å². The second kappa shape index (κ2) is 9.85. The van der Waals surface area contributed by atoms with Gasteiger partial charge in [-0.2, -0.15) is 4.98 Å². The molecule has 9 nitrogen and oxygen atoms in total. The lowest BCUT2D eigenvalue weighted by atomic mass is 10.1. The molecule has 1 aliphatic rings. The molecule has 0 spiro atoms. The minimum Gasteiger partial charge on any atom is -0.436 e. The van der Waals surface area contributed by atoms with Crippen molar-refractivity contribution in [1.29, 1.82) is 0 Å². The van der Waals surface area contributed by atoms with Crippen LogP contribution in [-0.2, 0) is 0 Å². The van der Waals surface area contributed by atoms with Crippen molar-refractivity contribution in [3.05, 3.63) is 65.4 Å². The zero-order chi connectivity index (χ0) is 25.4. The number of para-hydroxylation sites is 2. The van der Waals surface area contributed by atoms with Crippen LogP contribution in [0.15, 0.2) is 52.9 Å². The van der Waals surface area contributed by atoms with E-state index in [0.29, 0.717) is 46.4 Å². The average molecular weight is 490 g/mol. The van der Waals surface area contributed by atoms with Crippen LogP contribution >= 0.6 is 0 Å². The quantitative estimate of drug-likeness (QED) is 0.264. The van der Waals surface area contributed by atoms with Gasteiger partial charge in [-0.05, 0) is 44.9 Å². The van der Waals surface area contributed by atoms with Gasteiger partial charge in [0.2, 0.25) is 11.8 Å². The fourth-order valence-electron chi connectivity index (χ4n) is 4.73. The van der Waals surface area contributed by atoms with Crippen LogP contribution in [0.25, 0.3) is 22.6 Å². The summed E-state index contributed by atoms with van der Waals surface area (Å²) in [6, 6.07) is 15.2. The summed E-state index contributed by atoms with van der Waals surface area (Å²) in [7, 11) is 0. The molecule has 1 fully saturated rings. The Morgan fingerprint density at radius 3 is 2.44 bits per heavy atom. The molecule has 0 bridgehead atoms. The zero-order valence-electron chi connectivity index (χ0n) is 20.5. The van der Waals surface area contributed by atoms with E-state index in [0.717, 1.165) is 5.56 Å². The van der Waals surface area contributed by atoms with Gasteiger partial charge in [-0.1, -0.05) is 42.0 Å². The van der Waals surface area contributed by atoms with Gasteiger partial charge in [0.05, 0.1) is 23.9 Å². The number of fused-ring (bicyclic) bond motifs is 1. The lowest BCUT2D eigenvalue weighted by molar-refractivity contribution is 0.00446. The van der Waals surface area contributed by atoms with Gasteiger partial charge < -0.3 is 30.4 Å². The van der Waals surface area contributed by atoms with Crippen molar-refractivity contribution in [3.63, 3.8) is 0 Å². The van der Waals surface area contributed by atoms with E-state index in [9.17, 15) is 15.3 Å². The highest BCUT2D eigenvalue weighted by atomic mass is 16.3. The monoisotopic (exact) mass is 489 g/mol. The molecule has 188 valence electrons. The minimum absolute atomic E-state index is 0.0503. The summed E-state index contributed by atoms with van der Waals surface area (Å²) in [5.41, 5.74) is 4.86. The van der Waals surface area contributed by atoms with Crippen molar-refractivity contribution >= 4 is 22.9 Å². The third-order valence-corrected chi connectivity index (χ3v) is 6.88. The molecule has 0 amide bonds. The smallest absolute Gasteiger partial charge is 0.232 e. The van der Waals surface area contributed by atoms with Gasteiger partial charge in [0.1, 0.15) is 23.0 Å². The number of aliphatic hydroxyl groups is 3. The lowest BCUT2D eigenvalue weighted by Gasteiger charge is -2.22. The summed E-state index contributed by atoms with van der Waals surface area (Å²) in [4.78, 5) is 14.1. The standard InChI is InChI=1S/C27H31N5O4/c1-14-8-10-17(11-9-14)15(2)28-27-29-16(3)22(26-31-19-6-4-5-7-21(19)36-26)25(32-27)30-20-12-18(13-33)23(34)24(20)35/h4-11,15,18,20,23-24,33-35H,12-13H2,1-3H3,(H2,28,29,30,32)/t15-,18-,20-,23-,24+/m1/s1. The Hall–Kier alpha value is -3.53. The van der Waals surface area contributed by atoms with E-state index in [2.05, 4.69) is 44.9 Å². The zero-order valence-corrected chi connectivity index (χ0v) is 20.5. The molecule has 5 N–H and O–H groups in total.